The Morgan fingerprint density at radius 1 is 0.672 bits per heavy atom. The number of carbonyl (C=O) groups is 2. The molecule has 6 aromatic rings. The molecule has 4 aromatic carbocycles. The molecule has 2 saturated heterocycles. The number of methoxy groups -OCH3 is 2. The third-order valence-electron chi connectivity index (χ3n) is 12.1. The number of ether oxygens (including phenoxy) is 3. The van der Waals surface area contributed by atoms with Crippen LogP contribution in [0.5, 0.6) is 0 Å². The van der Waals surface area contributed by atoms with Crippen LogP contribution >= 0.6 is 0 Å². The monoisotopic (exact) mass is 871 g/mol. The van der Waals surface area contributed by atoms with E-state index in [-0.39, 0.29) is 29.6 Å². The van der Waals surface area contributed by atoms with Gasteiger partial charge in [0.15, 0.2) is 0 Å². The number of carbonyl (C=O) groups excluding carboxylic acids is 1. The molecular weight excluding hydrogens is 805 g/mol. The van der Waals surface area contributed by atoms with Crippen LogP contribution in [-0.4, -0.2) is 94.6 Å². The van der Waals surface area contributed by atoms with Crippen molar-refractivity contribution in [2.24, 2.45) is 5.41 Å². The smallest absolute Gasteiger partial charge is 0.410 e. The van der Waals surface area contributed by atoms with Crippen molar-refractivity contribution in [1.29, 1.82) is 0 Å². The van der Waals surface area contributed by atoms with Crippen LogP contribution in [0.2, 0.25) is 0 Å². The first-order valence-electron chi connectivity index (χ1n) is 22.5. The molecule has 2 atom stereocenters. The largest absolute Gasteiger partial charge is 0.465 e. The standard InChI is InChI=1S/2C26H33N3O3/c1-26(2,3)32-25(30)29-12-10-21(11-13-29)27-23-15-18(17-31-4)14-20-16-22(28-24(20)23)19-8-6-5-7-9-19;1-26(2,3)23-15-20(10-11-29(23)25(30)31)27-22-13-17(16-32-4)12-19-14-21(28-24(19)22)18-8-6-5-7-9-18/h5-9,14-16,21,27-28H,10-13,17H2,1-4H3;5-9,12-14,20,23,27-28H,10-11,15-16H2,1-4H3,(H,30,31). The summed E-state index contributed by atoms with van der Waals surface area (Å²) in [5.74, 6) is 0. The number of H-pyrrole nitrogens is 2. The van der Waals surface area contributed by atoms with E-state index in [0.717, 1.165) is 92.5 Å². The Kier molecular flexibility index (Phi) is 14.3. The van der Waals surface area contributed by atoms with Crippen LogP contribution in [-0.2, 0) is 27.4 Å². The number of fused-ring (bicyclic) bond motifs is 2. The number of aromatic nitrogens is 2. The van der Waals surface area contributed by atoms with E-state index in [0.29, 0.717) is 32.8 Å². The van der Waals surface area contributed by atoms with Gasteiger partial charge in [-0.1, -0.05) is 81.4 Å². The molecule has 2 aliphatic rings. The molecule has 12 heteroatoms. The zero-order valence-corrected chi connectivity index (χ0v) is 38.7. The van der Waals surface area contributed by atoms with Crippen molar-refractivity contribution in [3.8, 4) is 22.5 Å². The van der Waals surface area contributed by atoms with Gasteiger partial charge in [0, 0.05) is 74.1 Å². The van der Waals surface area contributed by atoms with Crippen LogP contribution in [0.1, 0.15) is 78.4 Å². The number of anilines is 2. The predicted octanol–water partition coefficient (Wildman–Crippen LogP) is 11.7. The van der Waals surface area contributed by atoms with Gasteiger partial charge in [-0.25, -0.2) is 9.59 Å². The Bertz CT molecular complexity index is 2490. The lowest BCUT2D eigenvalue weighted by atomic mass is 9.79. The zero-order chi connectivity index (χ0) is 45.6. The van der Waals surface area contributed by atoms with Crippen molar-refractivity contribution in [3.63, 3.8) is 0 Å². The van der Waals surface area contributed by atoms with E-state index >= 15 is 0 Å². The summed E-state index contributed by atoms with van der Waals surface area (Å²) in [4.78, 5) is 34.8. The number of hydrogen-bond donors (Lipinski definition) is 5. The highest BCUT2D eigenvalue weighted by atomic mass is 16.6. The number of piperidine rings is 2. The lowest BCUT2D eigenvalue weighted by Gasteiger charge is -2.45. The van der Waals surface area contributed by atoms with Crippen molar-refractivity contribution in [2.75, 3.05) is 44.5 Å². The fourth-order valence-corrected chi connectivity index (χ4v) is 9.01. The van der Waals surface area contributed by atoms with Crippen molar-refractivity contribution < 1.29 is 28.9 Å². The first-order valence-corrected chi connectivity index (χ1v) is 22.5. The van der Waals surface area contributed by atoms with Crippen molar-refractivity contribution >= 4 is 45.4 Å². The number of likely N-dealkylation sites (tertiary alicyclic amines) is 2. The number of aromatic amines is 2. The van der Waals surface area contributed by atoms with Crippen LogP contribution in [0.4, 0.5) is 21.0 Å². The molecule has 0 spiro atoms. The molecule has 2 amide bonds. The van der Waals surface area contributed by atoms with E-state index in [9.17, 15) is 14.7 Å². The lowest BCUT2D eigenvalue weighted by molar-refractivity contribution is 0.0210. The maximum absolute atomic E-state index is 12.4. The highest BCUT2D eigenvalue weighted by molar-refractivity contribution is 5.96. The summed E-state index contributed by atoms with van der Waals surface area (Å²) in [5.41, 5.74) is 10.4. The average molecular weight is 871 g/mol. The second-order valence-corrected chi connectivity index (χ2v) is 19.3. The lowest BCUT2D eigenvalue weighted by Crippen LogP contribution is -2.54. The van der Waals surface area contributed by atoms with Gasteiger partial charge < -0.3 is 49.7 Å². The summed E-state index contributed by atoms with van der Waals surface area (Å²) in [6, 6.07) is 34.1. The highest BCUT2D eigenvalue weighted by Crippen LogP contribution is 2.37. The van der Waals surface area contributed by atoms with E-state index in [2.05, 4.69) is 114 Å². The molecule has 2 aliphatic heterocycles. The maximum atomic E-state index is 12.4. The quantitative estimate of drug-likeness (QED) is 0.0915. The molecule has 0 aliphatic carbocycles. The second kappa shape index (κ2) is 19.8. The topological polar surface area (TPSA) is 144 Å². The van der Waals surface area contributed by atoms with Crippen molar-refractivity contribution in [1.82, 2.24) is 19.8 Å². The fraction of sp³-hybridized carbons (Fsp3) is 0.423. The third-order valence-corrected chi connectivity index (χ3v) is 12.1. The van der Waals surface area contributed by atoms with Gasteiger partial charge in [-0.3, -0.25) is 0 Å². The molecule has 0 saturated carbocycles. The van der Waals surface area contributed by atoms with Gasteiger partial charge >= 0.3 is 12.2 Å². The number of nitrogens with zero attached hydrogens (tertiary/aromatic N) is 2. The van der Waals surface area contributed by atoms with Gasteiger partial charge in [0.25, 0.3) is 0 Å². The minimum atomic E-state index is -0.829. The first kappa shape index (κ1) is 46.0. The fourth-order valence-electron chi connectivity index (χ4n) is 9.01. The van der Waals surface area contributed by atoms with E-state index in [4.69, 9.17) is 14.2 Å². The Morgan fingerprint density at radius 3 is 1.58 bits per heavy atom. The molecule has 5 N–H and O–H groups in total. The molecule has 0 bridgehead atoms. The van der Waals surface area contributed by atoms with Crippen LogP contribution in [0, 0.1) is 5.41 Å². The minimum absolute atomic E-state index is 0.0348. The summed E-state index contributed by atoms with van der Waals surface area (Å²) >= 11 is 0. The molecule has 64 heavy (non-hydrogen) atoms. The van der Waals surface area contributed by atoms with E-state index in [1.54, 1.807) is 19.1 Å². The SMILES string of the molecule is COCc1cc(NC2CCN(C(=O)O)C(C(C)(C)C)C2)c2[nH]c(-c3ccccc3)cc2c1.COCc1cc(NC2CCN(C(=O)OC(C)(C)C)CC2)c2[nH]c(-c3ccccc3)cc2c1. The number of amides is 2. The van der Waals surface area contributed by atoms with E-state index in [1.165, 1.54) is 0 Å². The summed E-state index contributed by atoms with van der Waals surface area (Å²) in [7, 11) is 3.43. The van der Waals surface area contributed by atoms with Gasteiger partial charge in [0.05, 0.1) is 35.6 Å². The Morgan fingerprint density at radius 2 is 1.14 bits per heavy atom. The normalized spacial score (nSPS) is 17.2. The Labute approximate surface area is 377 Å². The Hall–Kier alpha value is -5.98. The summed E-state index contributed by atoms with van der Waals surface area (Å²) < 4.78 is 16.3. The number of rotatable bonds is 10. The van der Waals surface area contributed by atoms with Gasteiger partial charge in [-0.05, 0) is 111 Å². The molecule has 4 heterocycles. The van der Waals surface area contributed by atoms with Crippen LogP contribution in [0.25, 0.3) is 44.3 Å². The summed E-state index contributed by atoms with van der Waals surface area (Å²) in [5, 5.41) is 19.4. The third kappa shape index (κ3) is 11.4. The minimum Gasteiger partial charge on any atom is -0.465 e. The molecule has 8 rings (SSSR count). The van der Waals surface area contributed by atoms with Gasteiger partial charge in [0.2, 0.25) is 0 Å². The van der Waals surface area contributed by atoms with Crippen molar-refractivity contribution in [3.05, 3.63) is 108 Å². The first-order chi connectivity index (χ1) is 30.6. The van der Waals surface area contributed by atoms with E-state index in [1.807, 2.05) is 49.9 Å². The van der Waals surface area contributed by atoms with Crippen LogP contribution < -0.4 is 10.6 Å². The highest BCUT2D eigenvalue weighted by Gasteiger charge is 2.39. The second-order valence-electron chi connectivity index (χ2n) is 19.3. The molecule has 0 radical (unpaired) electrons. The number of benzene rings is 4. The Balaban J connectivity index is 0.000000191. The average Bonchev–Trinajstić information content (AvgIpc) is 3.90. The van der Waals surface area contributed by atoms with Gasteiger partial charge in [-0.15, -0.1) is 0 Å². The van der Waals surface area contributed by atoms with Crippen LogP contribution in [0.15, 0.2) is 97.1 Å². The summed E-state index contributed by atoms with van der Waals surface area (Å²) in [6.07, 6.45) is 2.25. The number of carboxylic acid groups (broad SMARTS) is 1. The molecule has 2 fully saturated rings. The van der Waals surface area contributed by atoms with Gasteiger partial charge in [-0.2, -0.15) is 0 Å². The number of hydrogen-bond acceptors (Lipinski definition) is 7. The zero-order valence-electron chi connectivity index (χ0n) is 38.7. The molecule has 2 aromatic heterocycles. The molecule has 12 nitrogen and oxygen atoms in total. The number of nitrogens with one attached hydrogen (secondary N) is 4. The van der Waals surface area contributed by atoms with E-state index < -0.39 is 11.7 Å². The van der Waals surface area contributed by atoms with Crippen molar-refractivity contribution in [2.45, 2.75) is 104 Å². The maximum Gasteiger partial charge on any atom is 0.410 e. The predicted molar refractivity (Wildman–Crippen MR) is 258 cm³/mol. The van der Waals surface area contributed by atoms with Crippen LogP contribution in [0.3, 0.4) is 0 Å². The molecule has 340 valence electrons. The molecule has 2 unspecified atom stereocenters. The van der Waals surface area contributed by atoms with Gasteiger partial charge in [0.1, 0.15) is 5.60 Å². The molecular formula is C52H66N6O6. The summed E-state index contributed by atoms with van der Waals surface area (Å²) in [6.45, 7) is 15.1.